The summed E-state index contributed by atoms with van der Waals surface area (Å²) in [5, 5.41) is 5.35. The monoisotopic (exact) mass is 390 g/mol. The number of carbonyl (C=O) groups excluding carboxylic acids is 2. The van der Waals surface area contributed by atoms with E-state index < -0.39 is 0 Å². The molecule has 2 amide bonds. The lowest BCUT2D eigenvalue weighted by molar-refractivity contribution is 0.0961. The molecule has 0 aliphatic rings. The predicted molar refractivity (Wildman–Crippen MR) is 112 cm³/mol. The van der Waals surface area contributed by atoms with Gasteiger partial charge in [-0.2, -0.15) is 0 Å². The predicted octanol–water partition coefficient (Wildman–Crippen LogP) is 3.76. The number of ether oxygens (including phenoxy) is 2. The van der Waals surface area contributed by atoms with E-state index in [4.69, 9.17) is 9.47 Å². The van der Waals surface area contributed by atoms with Crippen molar-refractivity contribution in [2.24, 2.45) is 0 Å². The van der Waals surface area contributed by atoms with Gasteiger partial charge < -0.3 is 20.1 Å². The van der Waals surface area contributed by atoms with Gasteiger partial charge in [-0.15, -0.1) is 0 Å². The highest BCUT2D eigenvalue weighted by Crippen LogP contribution is 2.17. The molecular weight excluding hydrogens is 368 g/mol. The fourth-order valence-electron chi connectivity index (χ4n) is 2.65. The lowest BCUT2D eigenvalue weighted by atomic mass is 10.1. The number of hydrogen-bond acceptors (Lipinski definition) is 4. The standard InChI is InChI=1S/C23H22N2O4/c1-24-22(26)17-7-5-9-19(15-17)25-23(27)18-8-6-12-21(16-18)29-14-13-28-20-10-3-2-4-11-20/h2-12,15-16H,13-14H2,1H3,(H,24,26)(H,25,27). The summed E-state index contributed by atoms with van der Waals surface area (Å²) >= 11 is 0. The maximum Gasteiger partial charge on any atom is 0.255 e. The van der Waals surface area contributed by atoms with Crippen LogP contribution in [0.1, 0.15) is 20.7 Å². The number of nitrogens with one attached hydrogen (secondary N) is 2. The highest BCUT2D eigenvalue weighted by molar-refractivity contribution is 6.05. The van der Waals surface area contributed by atoms with Gasteiger partial charge in [0.25, 0.3) is 11.8 Å². The molecule has 0 aliphatic heterocycles. The molecule has 6 heteroatoms. The van der Waals surface area contributed by atoms with Crippen molar-refractivity contribution in [1.29, 1.82) is 0 Å². The van der Waals surface area contributed by atoms with Gasteiger partial charge in [0, 0.05) is 23.9 Å². The van der Waals surface area contributed by atoms with Gasteiger partial charge >= 0.3 is 0 Å². The van der Waals surface area contributed by atoms with E-state index in [1.165, 1.54) is 0 Å². The van der Waals surface area contributed by atoms with E-state index in [0.717, 1.165) is 5.75 Å². The second-order valence-corrected chi connectivity index (χ2v) is 6.15. The Morgan fingerprint density at radius 2 is 1.34 bits per heavy atom. The largest absolute Gasteiger partial charge is 0.490 e. The van der Waals surface area contributed by atoms with Crippen LogP contribution >= 0.6 is 0 Å². The lowest BCUT2D eigenvalue weighted by Crippen LogP contribution is -2.18. The molecule has 0 heterocycles. The number of anilines is 1. The molecule has 148 valence electrons. The van der Waals surface area contributed by atoms with Crippen molar-refractivity contribution in [2.45, 2.75) is 0 Å². The van der Waals surface area contributed by atoms with Crippen LogP contribution in [0.4, 0.5) is 5.69 Å². The third-order valence-corrected chi connectivity index (χ3v) is 4.07. The average Bonchev–Trinajstić information content (AvgIpc) is 2.77. The van der Waals surface area contributed by atoms with Crippen LogP contribution in [-0.4, -0.2) is 32.1 Å². The van der Waals surface area contributed by atoms with Gasteiger partial charge in [-0.25, -0.2) is 0 Å². The van der Waals surface area contributed by atoms with Gasteiger partial charge in [0.05, 0.1) is 0 Å². The number of para-hydroxylation sites is 1. The van der Waals surface area contributed by atoms with Crippen LogP contribution in [0.15, 0.2) is 78.9 Å². The Morgan fingerprint density at radius 1 is 0.724 bits per heavy atom. The van der Waals surface area contributed by atoms with Crippen molar-refractivity contribution in [3.63, 3.8) is 0 Å². The first-order valence-electron chi connectivity index (χ1n) is 9.20. The minimum atomic E-state index is -0.287. The van der Waals surface area contributed by atoms with Crippen LogP contribution in [0.25, 0.3) is 0 Å². The quantitative estimate of drug-likeness (QED) is 0.574. The molecule has 0 unspecified atom stereocenters. The minimum absolute atomic E-state index is 0.214. The number of amides is 2. The maximum atomic E-state index is 12.5. The molecule has 2 N–H and O–H groups in total. The molecule has 0 saturated heterocycles. The summed E-state index contributed by atoms with van der Waals surface area (Å²) in [6.07, 6.45) is 0. The molecule has 3 aromatic carbocycles. The number of carbonyl (C=O) groups is 2. The third kappa shape index (κ3) is 5.84. The molecule has 3 rings (SSSR count). The van der Waals surface area contributed by atoms with Crippen LogP contribution in [0, 0.1) is 0 Å². The summed E-state index contributed by atoms with van der Waals surface area (Å²) in [6, 6.07) is 23.1. The van der Waals surface area contributed by atoms with Crippen LogP contribution in [0.3, 0.4) is 0 Å². The Kier molecular flexibility index (Phi) is 6.84. The Bertz CT molecular complexity index is 973. The summed E-state index contributed by atoms with van der Waals surface area (Å²) in [7, 11) is 1.56. The highest BCUT2D eigenvalue weighted by atomic mass is 16.5. The lowest BCUT2D eigenvalue weighted by Gasteiger charge is -2.10. The molecule has 29 heavy (non-hydrogen) atoms. The molecular formula is C23H22N2O4. The number of benzene rings is 3. The Labute approximate surface area is 169 Å². The van der Waals surface area contributed by atoms with Crippen LogP contribution in [0.2, 0.25) is 0 Å². The van der Waals surface area contributed by atoms with Crippen LogP contribution in [-0.2, 0) is 0 Å². The van der Waals surface area contributed by atoms with Crippen molar-refractivity contribution in [1.82, 2.24) is 5.32 Å². The molecule has 0 radical (unpaired) electrons. The molecule has 0 atom stereocenters. The highest BCUT2D eigenvalue weighted by Gasteiger charge is 2.09. The van der Waals surface area contributed by atoms with Crippen molar-refractivity contribution in [3.8, 4) is 11.5 Å². The van der Waals surface area contributed by atoms with Gasteiger partial charge in [-0.1, -0.05) is 30.3 Å². The van der Waals surface area contributed by atoms with E-state index in [-0.39, 0.29) is 11.8 Å². The fourth-order valence-corrected chi connectivity index (χ4v) is 2.65. The zero-order valence-electron chi connectivity index (χ0n) is 16.1. The summed E-state index contributed by atoms with van der Waals surface area (Å²) in [6.45, 7) is 0.751. The number of rotatable bonds is 8. The van der Waals surface area contributed by atoms with Crippen molar-refractivity contribution < 1.29 is 19.1 Å². The van der Waals surface area contributed by atoms with E-state index in [0.29, 0.717) is 35.8 Å². The average molecular weight is 390 g/mol. The fraction of sp³-hybridized carbons (Fsp3) is 0.130. The molecule has 0 spiro atoms. The summed E-state index contributed by atoms with van der Waals surface area (Å²) in [5.74, 6) is 0.857. The Morgan fingerprint density at radius 3 is 2.07 bits per heavy atom. The summed E-state index contributed by atoms with van der Waals surface area (Å²) < 4.78 is 11.3. The first-order chi connectivity index (χ1) is 14.2. The van der Waals surface area contributed by atoms with Crippen molar-refractivity contribution in [3.05, 3.63) is 90.0 Å². The van der Waals surface area contributed by atoms with Crippen LogP contribution in [0.5, 0.6) is 11.5 Å². The van der Waals surface area contributed by atoms with Gasteiger partial charge in [0.2, 0.25) is 0 Å². The van der Waals surface area contributed by atoms with E-state index >= 15 is 0 Å². The topological polar surface area (TPSA) is 76.7 Å². The second kappa shape index (κ2) is 9.94. The molecule has 0 bridgehead atoms. The molecule has 0 aromatic heterocycles. The molecule has 6 nitrogen and oxygen atoms in total. The first kappa shape index (κ1) is 19.9. The van der Waals surface area contributed by atoms with E-state index in [1.54, 1.807) is 55.6 Å². The third-order valence-electron chi connectivity index (χ3n) is 4.07. The first-order valence-corrected chi connectivity index (χ1v) is 9.20. The van der Waals surface area contributed by atoms with Crippen molar-refractivity contribution >= 4 is 17.5 Å². The summed E-state index contributed by atoms with van der Waals surface area (Å²) in [4.78, 5) is 24.3. The van der Waals surface area contributed by atoms with Gasteiger partial charge in [0.15, 0.2) is 0 Å². The van der Waals surface area contributed by atoms with Gasteiger partial charge in [0.1, 0.15) is 24.7 Å². The van der Waals surface area contributed by atoms with E-state index in [1.807, 2.05) is 30.3 Å². The normalized spacial score (nSPS) is 10.1. The van der Waals surface area contributed by atoms with Gasteiger partial charge in [-0.05, 0) is 48.5 Å². The Balaban J connectivity index is 1.56. The smallest absolute Gasteiger partial charge is 0.255 e. The van der Waals surface area contributed by atoms with Crippen LogP contribution < -0.4 is 20.1 Å². The molecule has 0 saturated carbocycles. The van der Waals surface area contributed by atoms with E-state index in [2.05, 4.69) is 10.6 Å². The molecule has 0 aliphatic carbocycles. The van der Waals surface area contributed by atoms with Crippen molar-refractivity contribution in [2.75, 3.05) is 25.6 Å². The zero-order valence-corrected chi connectivity index (χ0v) is 16.1. The molecule has 0 fully saturated rings. The minimum Gasteiger partial charge on any atom is -0.490 e. The maximum absolute atomic E-state index is 12.5. The zero-order chi connectivity index (χ0) is 20.5. The van der Waals surface area contributed by atoms with Gasteiger partial charge in [-0.3, -0.25) is 9.59 Å². The SMILES string of the molecule is CNC(=O)c1cccc(NC(=O)c2cccc(OCCOc3ccccc3)c2)c1. The summed E-state index contributed by atoms with van der Waals surface area (Å²) in [5.41, 5.74) is 1.47. The second-order valence-electron chi connectivity index (χ2n) is 6.15. The van der Waals surface area contributed by atoms with E-state index in [9.17, 15) is 9.59 Å². The number of hydrogen-bond donors (Lipinski definition) is 2. The Hall–Kier alpha value is -3.80. The molecule has 3 aromatic rings.